The highest BCUT2D eigenvalue weighted by molar-refractivity contribution is 5.97. The van der Waals surface area contributed by atoms with Crippen molar-refractivity contribution in [1.29, 1.82) is 5.41 Å². The van der Waals surface area contributed by atoms with E-state index in [2.05, 4.69) is 20.8 Å². The standard InChI is InChI=1S/C10H20N2/c1-5-8(11)7-9(12)10(3,4)6-2/h7,12H,5-6,11H2,1-4H3/b8-7-,12-9?. The Balaban J connectivity index is 4.41. The van der Waals surface area contributed by atoms with Gasteiger partial charge in [0.05, 0.1) is 0 Å². The first-order valence-electron chi connectivity index (χ1n) is 4.49. The molecule has 3 N–H and O–H groups in total. The van der Waals surface area contributed by atoms with Gasteiger partial charge in [0, 0.05) is 16.8 Å². The summed E-state index contributed by atoms with van der Waals surface area (Å²) in [5.74, 6) is 0. The van der Waals surface area contributed by atoms with Crippen molar-refractivity contribution in [2.24, 2.45) is 11.1 Å². The van der Waals surface area contributed by atoms with Gasteiger partial charge in [0.2, 0.25) is 0 Å². The van der Waals surface area contributed by atoms with Crippen LogP contribution in [0.5, 0.6) is 0 Å². The molecule has 2 heteroatoms. The monoisotopic (exact) mass is 168 g/mol. The zero-order valence-corrected chi connectivity index (χ0v) is 8.57. The van der Waals surface area contributed by atoms with Gasteiger partial charge in [-0.25, -0.2) is 0 Å². The van der Waals surface area contributed by atoms with E-state index >= 15 is 0 Å². The van der Waals surface area contributed by atoms with Gasteiger partial charge in [0.1, 0.15) is 0 Å². The van der Waals surface area contributed by atoms with Crippen molar-refractivity contribution in [3.63, 3.8) is 0 Å². The molecular weight excluding hydrogens is 148 g/mol. The summed E-state index contributed by atoms with van der Waals surface area (Å²) in [5, 5.41) is 7.77. The fraction of sp³-hybridized carbons (Fsp3) is 0.700. The van der Waals surface area contributed by atoms with Crippen LogP contribution >= 0.6 is 0 Å². The quantitative estimate of drug-likeness (QED) is 0.623. The molecule has 0 saturated heterocycles. The Labute approximate surface area is 75.4 Å². The molecule has 70 valence electrons. The molecule has 0 aliphatic rings. The van der Waals surface area contributed by atoms with Crippen molar-refractivity contribution >= 4 is 5.71 Å². The summed E-state index contributed by atoms with van der Waals surface area (Å²) in [6.07, 6.45) is 3.57. The number of allylic oxidation sites excluding steroid dienone is 2. The third-order valence-corrected chi connectivity index (χ3v) is 2.35. The van der Waals surface area contributed by atoms with Crippen molar-refractivity contribution in [3.8, 4) is 0 Å². The Bertz CT molecular complexity index is 190. The highest BCUT2D eigenvalue weighted by atomic mass is 14.6. The summed E-state index contributed by atoms with van der Waals surface area (Å²) < 4.78 is 0. The molecule has 0 aromatic heterocycles. The average Bonchev–Trinajstić information content (AvgIpc) is 2.04. The molecule has 0 unspecified atom stereocenters. The van der Waals surface area contributed by atoms with Gasteiger partial charge in [-0.05, 0) is 18.9 Å². The van der Waals surface area contributed by atoms with E-state index in [-0.39, 0.29) is 5.41 Å². The summed E-state index contributed by atoms with van der Waals surface area (Å²) >= 11 is 0. The van der Waals surface area contributed by atoms with Crippen molar-refractivity contribution in [3.05, 3.63) is 11.8 Å². The fourth-order valence-electron chi connectivity index (χ4n) is 0.673. The molecule has 0 bridgehead atoms. The van der Waals surface area contributed by atoms with E-state index in [1.165, 1.54) is 0 Å². The van der Waals surface area contributed by atoms with E-state index in [1.807, 2.05) is 6.92 Å². The van der Waals surface area contributed by atoms with Crippen LogP contribution in [0.4, 0.5) is 0 Å². The summed E-state index contributed by atoms with van der Waals surface area (Å²) in [4.78, 5) is 0. The minimum atomic E-state index is -0.0419. The second kappa shape index (κ2) is 4.29. The Morgan fingerprint density at radius 2 is 1.92 bits per heavy atom. The van der Waals surface area contributed by atoms with E-state index in [9.17, 15) is 0 Å². The van der Waals surface area contributed by atoms with Gasteiger partial charge < -0.3 is 11.1 Å². The predicted octanol–water partition coefficient (Wildman–Crippen LogP) is 2.69. The highest BCUT2D eigenvalue weighted by Crippen LogP contribution is 2.22. The normalized spacial score (nSPS) is 13.2. The van der Waals surface area contributed by atoms with Crippen LogP contribution in [0.15, 0.2) is 11.8 Å². The first-order chi connectivity index (χ1) is 5.44. The average molecular weight is 168 g/mol. The third kappa shape index (κ3) is 3.07. The van der Waals surface area contributed by atoms with Gasteiger partial charge >= 0.3 is 0 Å². The largest absolute Gasteiger partial charge is 0.402 e. The molecule has 0 spiro atoms. The molecule has 0 aliphatic carbocycles. The fourth-order valence-corrected chi connectivity index (χ4v) is 0.673. The van der Waals surface area contributed by atoms with Crippen molar-refractivity contribution < 1.29 is 0 Å². The topological polar surface area (TPSA) is 49.9 Å². The van der Waals surface area contributed by atoms with Crippen LogP contribution in [0, 0.1) is 10.8 Å². The van der Waals surface area contributed by atoms with E-state index in [1.54, 1.807) is 6.08 Å². The highest BCUT2D eigenvalue weighted by Gasteiger charge is 2.19. The van der Waals surface area contributed by atoms with Crippen LogP contribution in [0.3, 0.4) is 0 Å². The third-order valence-electron chi connectivity index (χ3n) is 2.35. The van der Waals surface area contributed by atoms with Gasteiger partial charge in [-0.2, -0.15) is 0 Å². The lowest BCUT2D eigenvalue weighted by molar-refractivity contribution is 0.502. The molecule has 0 saturated carbocycles. The summed E-state index contributed by atoms with van der Waals surface area (Å²) in [6.45, 7) is 8.21. The summed E-state index contributed by atoms with van der Waals surface area (Å²) in [7, 11) is 0. The van der Waals surface area contributed by atoms with Gasteiger partial charge in [-0.15, -0.1) is 0 Å². The lowest BCUT2D eigenvalue weighted by atomic mass is 9.84. The Morgan fingerprint density at radius 1 is 1.42 bits per heavy atom. The second-order valence-corrected chi connectivity index (χ2v) is 3.72. The summed E-state index contributed by atoms with van der Waals surface area (Å²) in [6, 6.07) is 0. The lowest BCUT2D eigenvalue weighted by Crippen LogP contribution is -2.21. The predicted molar refractivity (Wildman–Crippen MR) is 54.4 cm³/mol. The Morgan fingerprint density at radius 3 is 2.25 bits per heavy atom. The van der Waals surface area contributed by atoms with Crippen LogP contribution in [0.2, 0.25) is 0 Å². The maximum absolute atomic E-state index is 7.77. The van der Waals surface area contributed by atoms with Gasteiger partial charge in [-0.3, -0.25) is 0 Å². The molecule has 0 atom stereocenters. The molecule has 0 aliphatic heterocycles. The van der Waals surface area contributed by atoms with Gasteiger partial charge in [0.15, 0.2) is 0 Å². The smallest absolute Gasteiger partial charge is 0.0387 e. The zero-order chi connectivity index (χ0) is 9.78. The van der Waals surface area contributed by atoms with Crippen LogP contribution in [0.1, 0.15) is 40.5 Å². The van der Waals surface area contributed by atoms with Crippen molar-refractivity contribution in [2.75, 3.05) is 0 Å². The number of rotatable bonds is 4. The number of nitrogens with two attached hydrogens (primary N) is 1. The number of nitrogens with one attached hydrogen (secondary N) is 1. The maximum Gasteiger partial charge on any atom is 0.0387 e. The second-order valence-electron chi connectivity index (χ2n) is 3.72. The van der Waals surface area contributed by atoms with Crippen LogP contribution in [0.25, 0.3) is 0 Å². The molecule has 12 heavy (non-hydrogen) atoms. The lowest BCUT2D eigenvalue weighted by Gasteiger charge is -2.21. The molecule has 0 heterocycles. The molecule has 2 nitrogen and oxygen atoms in total. The van der Waals surface area contributed by atoms with Crippen molar-refractivity contribution in [1.82, 2.24) is 0 Å². The molecule has 0 aromatic rings. The molecule has 0 fully saturated rings. The van der Waals surface area contributed by atoms with Crippen LogP contribution < -0.4 is 5.73 Å². The first kappa shape index (κ1) is 11.2. The van der Waals surface area contributed by atoms with E-state index in [4.69, 9.17) is 11.1 Å². The molecule has 0 amide bonds. The first-order valence-corrected chi connectivity index (χ1v) is 4.49. The van der Waals surface area contributed by atoms with Crippen LogP contribution in [-0.4, -0.2) is 5.71 Å². The van der Waals surface area contributed by atoms with E-state index in [0.717, 1.165) is 18.5 Å². The van der Waals surface area contributed by atoms with E-state index in [0.29, 0.717) is 5.71 Å². The SMILES string of the molecule is CC/C(N)=C/C(=N)C(C)(C)CC. The molecule has 0 aromatic carbocycles. The maximum atomic E-state index is 7.77. The molecule has 0 radical (unpaired) electrons. The minimum absolute atomic E-state index is 0.0419. The number of hydrogen-bond acceptors (Lipinski definition) is 2. The Kier molecular flexibility index (Phi) is 4.01. The molecular formula is C10H20N2. The minimum Gasteiger partial charge on any atom is -0.402 e. The summed E-state index contributed by atoms with van der Waals surface area (Å²) in [5.41, 5.74) is 7.03. The van der Waals surface area contributed by atoms with Gasteiger partial charge in [0.25, 0.3) is 0 Å². The number of hydrogen-bond donors (Lipinski definition) is 2. The van der Waals surface area contributed by atoms with Crippen LogP contribution in [-0.2, 0) is 0 Å². The van der Waals surface area contributed by atoms with Crippen molar-refractivity contribution in [2.45, 2.75) is 40.5 Å². The molecule has 0 rings (SSSR count). The van der Waals surface area contributed by atoms with Gasteiger partial charge in [-0.1, -0.05) is 27.7 Å². The Hall–Kier alpha value is -0.790. The zero-order valence-electron chi connectivity index (χ0n) is 8.57. The van der Waals surface area contributed by atoms with E-state index < -0.39 is 0 Å².